The van der Waals surface area contributed by atoms with Crippen LogP contribution in [-0.2, 0) is 17.9 Å². The number of benzene rings is 2. The van der Waals surface area contributed by atoms with Crippen LogP contribution in [0.4, 0.5) is 0 Å². The molecule has 0 radical (unpaired) electrons. The number of unbranched alkanes of at least 4 members (excludes halogenated alkanes) is 12. The van der Waals surface area contributed by atoms with Gasteiger partial charge in [-0.05, 0) is 48.9 Å². The molecular formula is C30H46O3. The van der Waals surface area contributed by atoms with Gasteiger partial charge < -0.3 is 0 Å². The van der Waals surface area contributed by atoms with Gasteiger partial charge in [-0.25, -0.2) is 0 Å². The minimum atomic E-state index is 0.744. The summed E-state index contributed by atoms with van der Waals surface area (Å²) in [6.45, 7) is 4.52. The lowest BCUT2D eigenvalue weighted by Crippen LogP contribution is -2.05. The predicted octanol–water partition coefficient (Wildman–Crippen LogP) is 9.58. The van der Waals surface area contributed by atoms with Crippen molar-refractivity contribution < 1.29 is 14.8 Å². The lowest BCUT2D eigenvalue weighted by molar-refractivity contribution is -0.411. The fourth-order valence-electron chi connectivity index (χ4n) is 4.22. The molecule has 3 nitrogen and oxygen atoms in total. The molecule has 2 aromatic rings. The maximum Gasteiger partial charge on any atom is 0.172 e. The average molecular weight is 455 g/mol. The van der Waals surface area contributed by atoms with E-state index in [1.165, 1.54) is 101 Å². The topological polar surface area (TPSA) is 27.7 Å². The number of hydrogen-bond donors (Lipinski definition) is 0. The Labute approximate surface area is 202 Å². The molecule has 0 fully saturated rings. The van der Waals surface area contributed by atoms with Crippen molar-refractivity contribution in [3.05, 3.63) is 59.7 Å². The molecule has 0 aromatic heterocycles. The van der Waals surface area contributed by atoms with E-state index in [0.29, 0.717) is 0 Å². The molecule has 0 aliphatic rings. The van der Waals surface area contributed by atoms with Crippen molar-refractivity contribution in [2.45, 2.75) is 117 Å². The van der Waals surface area contributed by atoms with E-state index in [-0.39, 0.29) is 0 Å². The van der Waals surface area contributed by atoms with E-state index in [2.05, 4.69) is 38.1 Å². The summed E-state index contributed by atoms with van der Waals surface area (Å²) < 4.78 is 0. The molecule has 33 heavy (non-hydrogen) atoms. The zero-order valence-electron chi connectivity index (χ0n) is 21.2. The maximum atomic E-state index is 5.56. The van der Waals surface area contributed by atoms with Crippen molar-refractivity contribution in [2.75, 3.05) is 0 Å². The van der Waals surface area contributed by atoms with E-state index >= 15 is 0 Å². The smallest absolute Gasteiger partial charge is 0.172 e. The molecule has 0 aliphatic heterocycles. The van der Waals surface area contributed by atoms with E-state index in [1.54, 1.807) is 0 Å². The van der Waals surface area contributed by atoms with Gasteiger partial charge in [0.1, 0.15) is 0 Å². The maximum absolute atomic E-state index is 5.56. The highest BCUT2D eigenvalue weighted by molar-refractivity contribution is 5.34. The van der Waals surface area contributed by atoms with Crippen molar-refractivity contribution in [1.29, 1.82) is 0 Å². The quantitative estimate of drug-likeness (QED) is 0.113. The molecule has 0 saturated carbocycles. The van der Waals surface area contributed by atoms with Crippen molar-refractivity contribution in [3.8, 4) is 11.5 Å². The fourth-order valence-corrected chi connectivity index (χ4v) is 4.22. The first-order valence-corrected chi connectivity index (χ1v) is 13.5. The van der Waals surface area contributed by atoms with Gasteiger partial charge in [0.05, 0.1) is 0 Å². The minimum absolute atomic E-state index is 0.744. The molecule has 0 spiro atoms. The average Bonchev–Trinajstić information content (AvgIpc) is 2.84. The number of rotatable bonds is 20. The first-order chi connectivity index (χ1) is 16.3. The lowest BCUT2D eigenvalue weighted by Gasteiger charge is -2.11. The zero-order valence-corrected chi connectivity index (χ0v) is 21.2. The second kappa shape index (κ2) is 18.4. The van der Waals surface area contributed by atoms with Gasteiger partial charge in [-0.1, -0.05) is 127 Å². The van der Waals surface area contributed by atoms with E-state index in [0.717, 1.165) is 24.3 Å². The first kappa shape index (κ1) is 27.2. The van der Waals surface area contributed by atoms with Gasteiger partial charge in [0.25, 0.3) is 0 Å². The van der Waals surface area contributed by atoms with Gasteiger partial charge >= 0.3 is 0 Å². The molecule has 0 atom stereocenters. The molecule has 0 saturated heterocycles. The van der Waals surface area contributed by atoms with Crippen LogP contribution >= 0.6 is 0 Å². The largest absolute Gasteiger partial charge is 0.299 e. The standard InChI is InChI=1S/C30H46O3/c1-3-5-7-9-11-13-15-21-27-23-17-19-25-29(27)31-33-32-30-26-20-18-24-28(30)22-16-14-12-10-8-6-4-2/h17-20,23-26H,3-16,21-22H2,1-2H3. The van der Waals surface area contributed by atoms with Crippen LogP contribution in [0.5, 0.6) is 11.5 Å². The van der Waals surface area contributed by atoms with Gasteiger partial charge in [0.2, 0.25) is 0 Å². The summed E-state index contributed by atoms with van der Waals surface area (Å²) in [4.78, 5) is 11.1. The molecule has 0 unspecified atom stereocenters. The van der Waals surface area contributed by atoms with E-state index in [4.69, 9.17) is 14.8 Å². The SMILES string of the molecule is CCCCCCCCCc1ccccc1OOOc1ccccc1CCCCCCCCC. The summed E-state index contributed by atoms with van der Waals surface area (Å²) in [5.74, 6) is 1.49. The molecule has 0 N–H and O–H groups in total. The molecule has 184 valence electrons. The van der Waals surface area contributed by atoms with Crippen molar-refractivity contribution in [3.63, 3.8) is 0 Å². The highest BCUT2D eigenvalue weighted by Crippen LogP contribution is 2.24. The van der Waals surface area contributed by atoms with Gasteiger partial charge in [-0.3, -0.25) is 9.78 Å². The van der Waals surface area contributed by atoms with Crippen molar-refractivity contribution in [2.24, 2.45) is 0 Å². The van der Waals surface area contributed by atoms with Crippen LogP contribution in [0.15, 0.2) is 48.5 Å². The van der Waals surface area contributed by atoms with Crippen LogP contribution in [0, 0.1) is 0 Å². The Hall–Kier alpha value is -2.00. The van der Waals surface area contributed by atoms with Gasteiger partial charge in [-0.2, -0.15) is 0 Å². The third-order valence-corrected chi connectivity index (χ3v) is 6.29. The zero-order chi connectivity index (χ0) is 23.4. The highest BCUT2D eigenvalue weighted by Gasteiger charge is 2.08. The predicted molar refractivity (Wildman–Crippen MR) is 139 cm³/mol. The molecule has 0 amide bonds. The van der Waals surface area contributed by atoms with Gasteiger partial charge in [0, 0.05) is 5.04 Å². The monoisotopic (exact) mass is 454 g/mol. The van der Waals surface area contributed by atoms with Crippen LogP contribution in [0.1, 0.15) is 115 Å². The molecular weight excluding hydrogens is 408 g/mol. The Morgan fingerprint density at radius 2 is 0.818 bits per heavy atom. The third kappa shape index (κ3) is 12.1. The molecule has 2 rings (SSSR count). The van der Waals surface area contributed by atoms with Crippen LogP contribution in [-0.4, -0.2) is 0 Å². The van der Waals surface area contributed by atoms with E-state index < -0.39 is 0 Å². The highest BCUT2D eigenvalue weighted by atomic mass is 17.5. The van der Waals surface area contributed by atoms with Crippen LogP contribution in [0.25, 0.3) is 0 Å². The summed E-state index contributed by atoms with van der Waals surface area (Å²) in [6, 6.07) is 16.2. The minimum Gasteiger partial charge on any atom is -0.299 e. The summed E-state index contributed by atoms with van der Waals surface area (Å²) >= 11 is 0. The Morgan fingerprint density at radius 1 is 0.455 bits per heavy atom. The first-order valence-electron chi connectivity index (χ1n) is 13.5. The fraction of sp³-hybridized carbons (Fsp3) is 0.600. The summed E-state index contributed by atoms with van der Waals surface area (Å²) in [5.41, 5.74) is 2.34. The van der Waals surface area contributed by atoms with Gasteiger partial charge in [-0.15, -0.1) is 0 Å². The molecule has 2 aromatic carbocycles. The Balaban J connectivity index is 1.71. The Morgan fingerprint density at radius 3 is 1.24 bits per heavy atom. The second-order valence-corrected chi connectivity index (χ2v) is 9.19. The molecule has 3 heteroatoms. The van der Waals surface area contributed by atoms with Gasteiger partial charge in [0.15, 0.2) is 11.5 Å². The van der Waals surface area contributed by atoms with Crippen molar-refractivity contribution in [1.82, 2.24) is 0 Å². The second-order valence-electron chi connectivity index (χ2n) is 9.19. The number of aryl methyl sites for hydroxylation is 2. The van der Waals surface area contributed by atoms with Crippen molar-refractivity contribution >= 4 is 0 Å². The van der Waals surface area contributed by atoms with Crippen LogP contribution in [0.2, 0.25) is 0 Å². The Bertz CT molecular complexity index is 666. The van der Waals surface area contributed by atoms with E-state index in [1.807, 2.05) is 24.3 Å². The Kier molecular flexibility index (Phi) is 15.2. The normalized spacial score (nSPS) is 11.0. The molecule has 0 bridgehead atoms. The molecule has 0 heterocycles. The summed E-state index contributed by atoms with van der Waals surface area (Å²) in [5, 5.41) is 5.23. The number of para-hydroxylation sites is 2. The third-order valence-electron chi connectivity index (χ3n) is 6.29. The van der Waals surface area contributed by atoms with Crippen LogP contribution in [0.3, 0.4) is 0 Å². The van der Waals surface area contributed by atoms with Crippen LogP contribution < -0.4 is 9.78 Å². The summed E-state index contributed by atoms with van der Waals surface area (Å²) in [7, 11) is 0. The number of hydrogen-bond acceptors (Lipinski definition) is 3. The summed E-state index contributed by atoms with van der Waals surface area (Å²) in [6.07, 6.45) is 20.3. The van der Waals surface area contributed by atoms with E-state index in [9.17, 15) is 0 Å². The molecule has 0 aliphatic carbocycles. The lowest BCUT2D eigenvalue weighted by atomic mass is 10.0.